The lowest BCUT2D eigenvalue weighted by Gasteiger charge is -2.14. The lowest BCUT2D eigenvalue weighted by Crippen LogP contribution is -2.27. The zero-order chi connectivity index (χ0) is 12.4. The largest absolute Gasteiger partial charge is 0.469 e. The molecule has 7 heteroatoms. The van der Waals surface area contributed by atoms with E-state index in [0.29, 0.717) is 5.82 Å². The molecule has 1 aromatic heterocycles. The molecule has 1 fully saturated rings. The first kappa shape index (κ1) is 11.3. The molecule has 1 unspecified atom stereocenters. The molecule has 2 heterocycles. The first-order valence-corrected chi connectivity index (χ1v) is 5.08. The zero-order valence-electron chi connectivity index (χ0n) is 9.29. The van der Waals surface area contributed by atoms with Crippen LogP contribution < -0.4 is 10.6 Å². The third kappa shape index (κ3) is 2.17. The Bertz CT molecular complexity index is 463. The third-order valence-electron chi connectivity index (χ3n) is 2.60. The van der Waals surface area contributed by atoms with E-state index in [0.717, 1.165) is 0 Å². The van der Waals surface area contributed by atoms with Crippen LogP contribution in [0.25, 0.3) is 0 Å². The lowest BCUT2D eigenvalue weighted by atomic mass is 10.1. The quantitative estimate of drug-likeness (QED) is 0.700. The van der Waals surface area contributed by atoms with Crippen molar-refractivity contribution in [2.45, 2.75) is 6.42 Å². The molecule has 0 saturated carbocycles. The van der Waals surface area contributed by atoms with Crippen molar-refractivity contribution in [1.82, 2.24) is 9.97 Å². The molecule has 0 spiro atoms. The van der Waals surface area contributed by atoms with Crippen molar-refractivity contribution in [1.29, 1.82) is 0 Å². The van der Waals surface area contributed by atoms with Crippen molar-refractivity contribution >= 4 is 23.6 Å². The van der Waals surface area contributed by atoms with Gasteiger partial charge in [-0.25, -0.2) is 4.98 Å². The van der Waals surface area contributed by atoms with Crippen LogP contribution in [0.5, 0.6) is 0 Å². The van der Waals surface area contributed by atoms with E-state index in [1.165, 1.54) is 18.2 Å². The molecular formula is C10H12N4O3. The maximum absolute atomic E-state index is 11.7. The molecule has 2 N–H and O–H groups in total. The fraction of sp³-hybridized carbons (Fsp3) is 0.400. The van der Waals surface area contributed by atoms with Gasteiger partial charge in [0.25, 0.3) is 0 Å². The molecule has 2 rings (SSSR count). The summed E-state index contributed by atoms with van der Waals surface area (Å²) < 4.78 is 4.62. The third-order valence-corrected chi connectivity index (χ3v) is 2.60. The van der Waals surface area contributed by atoms with Crippen LogP contribution in [0, 0.1) is 5.92 Å². The summed E-state index contributed by atoms with van der Waals surface area (Å²) in [7, 11) is 1.30. The number of carbonyl (C=O) groups is 2. The van der Waals surface area contributed by atoms with Crippen LogP contribution in [-0.2, 0) is 14.3 Å². The van der Waals surface area contributed by atoms with Gasteiger partial charge in [-0.1, -0.05) is 0 Å². The maximum atomic E-state index is 11.7. The molecule has 1 saturated heterocycles. The fourth-order valence-electron chi connectivity index (χ4n) is 1.77. The Morgan fingerprint density at radius 2 is 2.41 bits per heavy atom. The van der Waals surface area contributed by atoms with Gasteiger partial charge in [0.05, 0.1) is 13.0 Å². The monoisotopic (exact) mass is 236 g/mol. The normalized spacial score (nSPS) is 19.5. The summed E-state index contributed by atoms with van der Waals surface area (Å²) in [5.74, 6) is -0.490. The van der Waals surface area contributed by atoms with Gasteiger partial charge in [0, 0.05) is 19.2 Å². The van der Waals surface area contributed by atoms with Crippen molar-refractivity contribution < 1.29 is 14.3 Å². The molecule has 1 atom stereocenters. The molecule has 0 bridgehead atoms. The molecule has 1 aliphatic heterocycles. The first-order chi connectivity index (χ1) is 8.11. The number of ether oxygens (including phenoxy) is 1. The van der Waals surface area contributed by atoms with Crippen LogP contribution in [0.4, 0.5) is 11.8 Å². The van der Waals surface area contributed by atoms with Crippen LogP contribution in [0.2, 0.25) is 0 Å². The Hall–Kier alpha value is -2.18. The van der Waals surface area contributed by atoms with E-state index in [2.05, 4.69) is 14.7 Å². The molecule has 7 nitrogen and oxygen atoms in total. The molecular weight excluding hydrogens is 224 g/mol. The van der Waals surface area contributed by atoms with Gasteiger partial charge in [0.15, 0.2) is 0 Å². The van der Waals surface area contributed by atoms with Gasteiger partial charge in [0.2, 0.25) is 11.9 Å². The lowest BCUT2D eigenvalue weighted by molar-refractivity contribution is -0.145. The van der Waals surface area contributed by atoms with E-state index in [1.54, 1.807) is 6.07 Å². The number of rotatable bonds is 2. The Labute approximate surface area is 97.6 Å². The maximum Gasteiger partial charge on any atom is 0.311 e. The summed E-state index contributed by atoms with van der Waals surface area (Å²) in [6, 6.07) is 1.58. The van der Waals surface area contributed by atoms with E-state index in [-0.39, 0.29) is 30.8 Å². The highest BCUT2D eigenvalue weighted by atomic mass is 16.5. The number of esters is 1. The van der Waals surface area contributed by atoms with Crippen molar-refractivity contribution in [3.8, 4) is 0 Å². The summed E-state index contributed by atoms with van der Waals surface area (Å²) in [6.07, 6.45) is 1.60. The number of aromatic nitrogens is 2. The van der Waals surface area contributed by atoms with E-state index < -0.39 is 5.92 Å². The van der Waals surface area contributed by atoms with Crippen LogP contribution >= 0.6 is 0 Å². The van der Waals surface area contributed by atoms with E-state index in [1.807, 2.05) is 0 Å². The highest BCUT2D eigenvalue weighted by Gasteiger charge is 2.36. The van der Waals surface area contributed by atoms with E-state index >= 15 is 0 Å². The topological polar surface area (TPSA) is 98.4 Å². The smallest absolute Gasteiger partial charge is 0.311 e. The number of amides is 1. The number of methoxy groups -OCH3 is 1. The molecule has 90 valence electrons. The molecule has 0 radical (unpaired) electrons. The van der Waals surface area contributed by atoms with E-state index in [9.17, 15) is 9.59 Å². The van der Waals surface area contributed by atoms with Gasteiger partial charge in [-0.2, -0.15) is 4.98 Å². The summed E-state index contributed by atoms with van der Waals surface area (Å²) in [4.78, 5) is 32.2. The number of nitrogens with two attached hydrogens (primary N) is 1. The molecule has 1 aromatic rings. The average Bonchev–Trinajstić information content (AvgIpc) is 2.70. The highest BCUT2D eigenvalue weighted by Crippen LogP contribution is 2.24. The second kappa shape index (κ2) is 4.36. The molecule has 0 aromatic carbocycles. The van der Waals surface area contributed by atoms with Crippen LogP contribution in [0.3, 0.4) is 0 Å². The van der Waals surface area contributed by atoms with Crippen LogP contribution in [0.15, 0.2) is 12.3 Å². The first-order valence-electron chi connectivity index (χ1n) is 5.08. The Morgan fingerprint density at radius 3 is 3.06 bits per heavy atom. The summed E-state index contributed by atoms with van der Waals surface area (Å²) in [6.45, 7) is 0.266. The standard InChI is InChI=1S/C10H12N4O3/c1-17-9(16)6-4-8(15)14(5-6)7-2-3-12-10(11)13-7/h2-3,6H,4-5H2,1H3,(H2,11,12,13). The van der Waals surface area contributed by atoms with Gasteiger partial charge in [0.1, 0.15) is 5.82 Å². The Kier molecular flexibility index (Phi) is 2.90. The van der Waals surface area contributed by atoms with Crippen molar-refractivity contribution in [3.05, 3.63) is 12.3 Å². The highest BCUT2D eigenvalue weighted by molar-refractivity contribution is 5.98. The molecule has 0 aliphatic carbocycles. The van der Waals surface area contributed by atoms with Gasteiger partial charge in [-0.05, 0) is 6.07 Å². The average molecular weight is 236 g/mol. The summed E-state index contributed by atoms with van der Waals surface area (Å²) in [5.41, 5.74) is 5.44. The minimum absolute atomic E-state index is 0.0943. The SMILES string of the molecule is COC(=O)C1CC(=O)N(c2ccnc(N)n2)C1. The minimum atomic E-state index is -0.441. The second-order valence-corrected chi connectivity index (χ2v) is 3.70. The minimum Gasteiger partial charge on any atom is -0.469 e. The van der Waals surface area contributed by atoms with Gasteiger partial charge in [-0.3, -0.25) is 14.5 Å². The van der Waals surface area contributed by atoms with Gasteiger partial charge >= 0.3 is 5.97 Å². The van der Waals surface area contributed by atoms with Crippen molar-refractivity contribution in [2.24, 2.45) is 5.92 Å². The van der Waals surface area contributed by atoms with E-state index in [4.69, 9.17) is 5.73 Å². The number of anilines is 2. The fourth-order valence-corrected chi connectivity index (χ4v) is 1.77. The van der Waals surface area contributed by atoms with Gasteiger partial charge < -0.3 is 10.5 Å². The second-order valence-electron chi connectivity index (χ2n) is 3.70. The number of hydrogen-bond donors (Lipinski definition) is 1. The number of nitrogen functional groups attached to an aromatic ring is 1. The molecule has 1 amide bonds. The molecule has 17 heavy (non-hydrogen) atoms. The number of nitrogens with zero attached hydrogens (tertiary/aromatic N) is 3. The predicted molar refractivity (Wildman–Crippen MR) is 58.9 cm³/mol. The number of hydrogen-bond acceptors (Lipinski definition) is 6. The summed E-state index contributed by atoms with van der Waals surface area (Å²) in [5, 5.41) is 0. The van der Waals surface area contributed by atoms with Gasteiger partial charge in [-0.15, -0.1) is 0 Å². The predicted octanol–water partition coefficient (Wildman–Crippen LogP) is -0.415. The Morgan fingerprint density at radius 1 is 1.65 bits per heavy atom. The van der Waals surface area contributed by atoms with Crippen molar-refractivity contribution in [3.63, 3.8) is 0 Å². The van der Waals surface area contributed by atoms with Crippen LogP contribution in [-0.4, -0.2) is 35.5 Å². The number of carbonyl (C=O) groups excluding carboxylic acids is 2. The molecule has 1 aliphatic rings. The van der Waals surface area contributed by atoms with Crippen LogP contribution in [0.1, 0.15) is 6.42 Å². The van der Waals surface area contributed by atoms with Crippen molar-refractivity contribution in [2.75, 3.05) is 24.3 Å². The zero-order valence-corrected chi connectivity index (χ0v) is 9.29. The summed E-state index contributed by atoms with van der Waals surface area (Å²) >= 11 is 0. The Balaban J connectivity index is 2.18.